The van der Waals surface area contributed by atoms with E-state index in [0.29, 0.717) is 18.9 Å². The van der Waals surface area contributed by atoms with Gasteiger partial charge in [0.25, 0.3) is 0 Å². The third kappa shape index (κ3) is 4.45. The van der Waals surface area contributed by atoms with Crippen LogP contribution >= 0.6 is 0 Å². The molecule has 1 aliphatic rings. The van der Waals surface area contributed by atoms with Crippen molar-refractivity contribution in [2.24, 2.45) is 5.92 Å². The number of methoxy groups -OCH3 is 1. The fraction of sp³-hybridized carbons (Fsp3) is 0.444. The fourth-order valence-corrected chi connectivity index (χ4v) is 2.66. The molecule has 4 nitrogen and oxygen atoms in total. The SMILES string of the molecule is COC(=O)CN(Cc1ccccc1C)C(=O)CC1C=CCC1. The summed E-state index contributed by atoms with van der Waals surface area (Å²) in [6.45, 7) is 2.45. The van der Waals surface area contributed by atoms with Crippen LogP contribution < -0.4 is 0 Å². The number of hydrogen-bond donors (Lipinski definition) is 0. The lowest BCUT2D eigenvalue weighted by Crippen LogP contribution is -2.36. The van der Waals surface area contributed by atoms with Crippen LogP contribution in [0.1, 0.15) is 30.4 Å². The zero-order chi connectivity index (χ0) is 15.9. The Morgan fingerprint density at radius 1 is 1.32 bits per heavy atom. The van der Waals surface area contributed by atoms with Gasteiger partial charge in [0.15, 0.2) is 0 Å². The molecule has 0 spiro atoms. The number of carbonyl (C=O) groups excluding carboxylic acids is 2. The Balaban J connectivity index is 2.07. The van der Waals surface area contributed by atoms with Crippen LogP contribution in [0.15, 0.2) is 36.4 Å². The lowest BCUT2D eigenvalue weighted by atomic mass is 10.0. The zero-order valence-corrected chi connectivity index (χ0v) is 13.2. The lowest BCUT2D eigenvalue weighted by molar-refractivity contribution is -0.147. The summed E-state index contributed by atoms with van der Waals surface area (Å²) in [5.74, 6) is -0.0846. The van der Waals surface area contributed by atoms with Crippen LogP contribution in [-0.2, 0) is 20.9 Å². The summed E-state index contributed by atoms with van der Waals surface area (Å²) in [6.07, 6.45) is 6.72. The van der Waals surface area contributed by atoms with Gasteiger partial charge in [-0.05, 0) is 36.8 Å². The van der Waals surface area contributed by atoms with Crippen LogP contribution in [0.2, 0.25) is 0 Å². The van der Waals surface area contributed by atoms with Crippen LogP contribution in [0.25, 0.3) is 0 Å². The second kappa shape index (κ2) is 7.78. The van der Waals surface area contributed by atoms with Gasteiger partial charge in [-0.1, -0.05) is 36.4 Å². The number of benzene rings is 1. The molecule has 1 unspecified atom stereocenters. The summed E-state index contributed by atoms with van der Waals surface area (Å²) in [5, 5.41) is 0. The number of amides is 1. The fourth-order valence-electron chi connectivity index (χ4n) is 2.66. The zero-order valence-electron chi connectivity index (χ0n) is 13.2. The first-order valence-electron chi connectivity index (χ1n) is 7.66. The van der Waals surface area contributed by atoms with Gasteiger partial charge in [0.05, 0.1) is 7.11 Å². The number of aryl methyl sites for hydroxylation is 1. The molecule has 2 rings (SSSR count). The molecule has 0 N–H and O–H groups in total. The minimum atomic E-state index is -0.385. The maximum atomic E-state index is 12.6. The molecule has 22 heavy (non-hydrogen) atoms. The topological polar surface area (TPSA) is 46.6 Å². The molecule has 1 aromatic carbocycles. The second-order valence-electron chi connectivity index (χ2n) is 5.72. The summed E-state index contributed by atoms with van der Waals surface area (Å²) in [4.78, 5) is 25.8. The first-order chi connectivity index (χ1) is 10.6. The van der Waals surface area contributed by atoms with E-state index in [2.05, 4.69) is 12.2 Å². The molecular weight excluding hydrogens is 278 g/mol. The van der Waals surface area contributed by atoms with Crippen molar-refractivity contribution in [1.82, 2.24) is 4.90 Å². The summed E-state index contributed by atoms with van der Waals surface area (Å²) in [6, 6.07) is 7.91. The Kier molecular flexibility index (Phi) is 5.75. The molecule has 1 amide bonds. The van der Waals surface area contributed by atoms with E-state index in [4.69, 9.17) is 4.74 Å². The molecular formula is C18H23NO3. The number of esters is 1. The van der Waals surface area contributed by atoms with Gasteiger partial charge in [0.2, 0.25) is 5.91 Å². The molecule has 0 saturated heterocycles. The third-order valence-corrected chi connectivity index (χ3v) is 4.07. The molecule has 4 heteroatoms. The van der Waals surface area contributed by atoms with Gasteiger partial charge in [-0.25, -0.2) is 0 Å². The number of nitrogens with zero attached hydrogens (tertiary/aromatic N) is 1. The minimum Gasteiger partial charge on any atom is -0.468 e. The van der Waals surface area contributed by atoms with Gasteiger partial charge < -0.3 is 9.64 Å². The highest BCUT2D eigenvalue weighted by Gasteiger charge is 2.22. The van der Waals surface area contributed by atoms with Crippen LogP contribution in [0.3, 0.4) is 0 Å². The number of carbonyl (C=O) groups is 2. The van der Waals surface area contributed by atoms with E-state index in [9.17, 15) is 9.59 Å². The van der Waals surface area contributed by atoms with Crippen molar-refractivity contribution in [3.05, 3.63) is 47.5 Å². The van der Waals surface area contributed by atoms with E-state index in [1.165, 1.54) is 7.11 Å². The molecule has 1 atom stereocenters. The van der Waals surface area contributed by atoms with Crippen LogP contribution in [0, 0.1) is 12.8 Å². The van der Waals surface area contributed by atoms with Crippen molar-refractivity contribution < 1.29 is 14.3 Å². The molecule has 0 heterocycles. The molecule has 0 radical (unpaired) electrons. The average Bonchev–Trinajstić information content (AvgIpc) is 3.01. The number of allylic oxidation sites excluding steroid dienone is 2. The molecule has 1 aromatic rings. The smallest absolute Gasteiger partial charge is 0.325 e. The predicted octanol–water partition coefficient (Wildman–Crippen LogP) is 2.85. The van der Waals surface area contributed by atoms with Crippen molar-refractivity contribution in [3.63, 3.8) is 0 Å². The van der Waals surface area contributed by atoms with E-state index in [1.807, 2.05) is 31.2 Å². The monoisotopic (exact) mass is 301 g/mol. The van der Waals surface area contributed by atoms with Gasteiger partial charge in [-0.2, -0.15) is 0 Å². The molecule has 0 saturated carbocycles. The Morgan fingerprint density at radius 2 is 2.09 bits per heavy atom. The summed E-state index contributed by atoms with van der Waals surface area (Å²) in [7, 11) is 1.35. The Hall–Kier alpha value is -2.10. The van der Waals surface area contributed by atoms with Gasteiger partial charge in [0.1, 0.15) is 6.54 Å². The quantitative estimate of drug-likeness (QED) is 0.599. The number of rotatable bonds is 6. The predicted molar refractivity (Wildman–Crippen MR) is 85.1 cm³/mol. The minimum absolute atomic E-state index is 0.000101. The second-order valence-corrected chi connectivity index (χ2v) is 5.72. The van der Waals surface area contributed by atoms with Crippen molar-refractivity contribution in [1.29, 1.82) is 0 Å². The highest BCUT2D eigenvalue weighted by Crippen LogP contribution is 2.22. The first kappa shape index (κ1) is 16.3. The normalized spacial score (nSPS) is 16.5. The number of hydrogen-bond acceptors (Lipinski definition) is 3. The van der Waals surface area contributed by atoms with E-state index in [1.54, 1.807) is 4.90 Å². The van der Waals surface area contributed by atoms with Crippen LogP contribution in [-0.4, -0.2) is 30.4 Å². The standard InChI is InChI=1S/C18H23NO3/c1-14-7-3-6-10-16(14)12-19(13-18(21)22-2)17(20)11-15-8-4-5-9-15/h3-4,6-8,10,15H,5,9,11-13H2,1-2H3. The largest absolute Gasteiger partial charge is 0.468 e. The summed E-state index contributed by atoms with van der Waals surface area (Å²) in [5.41, 5.74) is 2.17. The Morgan fingerprint density at radius 3 is 2.73 bits per heavy atom. The van der Waals surface area contributed by atoms with Gasteiger partial charge in [-0.3, -0.25) is 9.59 Å². The van der Waals surface area contributed by atoms with E-state index < -0.39 is 0 Å². The molecule has 0 aromatic heterocycles. The molecule has 1 aliphatic carbocycles. The number of ether oxygens (including phenoxy) is 1. The highest BCUT2D eigenvalue weighted by molar-refractivity contribution is 5.82. The first-order valence-corrected chi connectivity index (χ1v) is 7.66. The molecule has 0 fully saturated rings. The van der Waals surface area contributed by atoms with Gasteiger partial charge in [-0.15, -0.1) is 0 Å². The van der Waals surface area contributed by atoms with E-state index in [0.717, 1.165) is 24.0 Å². The van der Waals surface area contributed by atoms with Crippen LogP contribution in [0.4, 0.5) is 0 Å². The Labute approximate surface area is 131 Å². The summed E-state index contributed by atoms with van der Waals surface area (Å²) >= 11 is 0. The molecule has 0 bridgehead atoms. The van der Waals surface area contributed by atoms with Crippen molar-refractivity contribution >= 4 is 11.9 Å². The van der Waals surface area contributed by atoms with Crippen molar-refractivity contribution in [2.45, 2.75) is 32.7 Å². The highest BCUT2D eigenvalue weighted by atomic mass is 16.5. The van der Waals surface area contributed by atoms with Crippen molar-refractivity contribution in [3.8, 4) is 0 Å². The maximum Gasteiger partial charge on any atom is 0.325 e. The van der Waals surface area contributed by atoms with Gasteiger partial charge in [0, 0.05) is 13.0 Å². The average molecular weight is 301 g/mol. The summed E-state index contributed by atoms with van der Waals surface area (Å²) < 4.78 is 4.72. The van der Waals surface area contributed by atoms with E-state index in [-0.39, 0.29) is 18.4 Å². The lowest BCUT2D eigenvalue weighted by Gasteiger charge is -2.23. The molecule has 118 valence electrons. The van der Waals surface area contributed by atoms with E-state index >= 15 is 0 Å². The molecule has 0 aliphatic heterocycles. The van der Waals surface area contributed by atoms with Gasteiger partial charge >= 0.3 is 5.97 Å². The van der Waals surface area contributed by atoms with Crippen LogP contribution in [0.5, 0.6) is 0 Å². The van der Waals surface area contributed by atoms with Crippen molar-refractivity contribution in [2.75, 3.05) is 13.7 Å². The third-order valence-electron chi connectivity index (χ3n) is 4.07. The Bertz CT molecular complexity index is 565. The maximum absolute atomic E-state index is 12.6.